The number of hydrogen-bond acceptors (Lipinski definition) is 2. The molecular weight excluding hydrogens is 265 g/mol. The number of rotatable bonds is 2. The van der Waals surface area contributed by atoms with Gasteiger partial charge in [0.25, 0.3) is 0 Å². The molecule has 0 unspecified atom stereocenters. The molecule has 0 spiro atoms. The standard InChI is InChI=1S/C17H16FN3/c1-10-5-11(2)7-12(6-10)16-9-20-17(21-16)14-8-13(18)3-4-15(14)19/h3-9H,19H2,1-2H3,(H,20,21). The minimum absolute atomic E-state index is 0.330. The highest BCUT2D eigenvalue weighted by Gasteiger charge is 2.10. The first kappa shape index (κ1) is 13.4. The van der Waals surface area contributed by atoms with Crippen molar-refractivity contribution in [2.24, 2.45) is 0 Å². The topological polar surface area (TPSA) is 54.7 Å². The molecule has 0 bridgehead atoms. The van der Waals surface area contributed by atoms with Crippen LogP contribution in [0.3, 0.4) is 0 Å². The predicted octanol–water partition coefficient (Wildman–Crippen LogP) is 4.08. The molecule has 106 valence electrons. The molecule has 0 radical (unpaired) electrons. The first-order chi connectivity index (χ1) is 10.0. The monoisotopic (exact) mass is 281 g/mol. The van der Waals surface area contributed by atoms with E-state index in [0.717, 1.165) is 11.3 Å². The van der Waals surface area contributed by atoms with Gasteiger partial charge in [-0.3, -0.25) is 0 Å². The minimum Gasteiger partial charge on any atom is -0.398 e. The number of aryl methyl sites for hydroxylation is 2. The number of benzene rings is 2. The van der Waals surface area contributed by atoms with Crippen LogP contribution >= 0.6 is 0 Å². The molecule has 21 heavy (non-hydrogen) atoms. The van der Waals surface area contributed by atoms with E-state index in [2.05, 4.69) is 42.0 Å². The Balaban J connectivity index is 2.05. The van der Waals surface area contributed by atoms with E-state index in [-0.39, 0.29) is 5.82 Å². The van der Waals surface area contributed by atoms with Gasteiger partial charge in [0.2, 0.25) is 0 Å². The maximum absolute atomic E-state index is 13.4. The highest BCUT2D eigenvalue weighted by molar-refractivity contribution is 5.73. The number of halogens is 1. The second kappa shape index (κ2) is 5.05. The molecule has 1 heterocycles. The molecule has 4 heteroatoms. The van der Waals surface area contributed by atoms with Crippen molar-refractivity contribution in [3.05, 3.63) is 59.5 Å². The van der Waals surface area contributed by atoms with Crippen molar-refractivity contribution >= 4 is 5.69 Å². The fraction of sp³-hybridized carbons (Fsp3) is 0.118. The van der Waals surface area contributed by atoms with Crippen LogP contribution in [0, 0.1) is 19.7 Å². The molecule has 0 saturated carbocycles. The average molecular weight is 281 g/mol. The Hall–Kier alpha value is -2.62. The van der Waals surface area contributed by atoms with Crippen molar-refractivity contribution in [3.8, 4) is 22.6 Å². The van der Waals surface area contributed by atoms with Crippen LogP contribution in [0.1, 0.15) is 11.1 Å². The molecule has 0 aliphatic carbocycles. The van der Waals surface area contributed by atoms with Crippen molar-refractivity contribution in [1.82, 2.24) is 9.97 Å². The zero-order chi connectivity index (χ0) is 15.0. The summed E-state index contributed by atoms with van der Waals surface area (Å²) in [5, 5.41) is 0. The molecule has 3 rings (SSSR count). The van der Waals surface area contributed by atoms with Gasteiger partial charge in [-0.05, 0) is 44.2 Å². The third kappa shape index (κ3) is 2.65. The Morgan fingerprint density at radius 2 is 1.76 bits per heavy atom. The zero-order valence-corrected chi connectivity index (χ0v) is 11.9. The lowest BCUT2D eigenvalue weighted by atomic mass is 10.1. The number of nitrogens with two attached hydrogens (primary N) is 1. The van der Waals surface area contributed by atoms with Crippen LogP contribution in [-0.4, -0.2) is 9.97 Å². The second-order valence-corrected chi connectivity index (χ2v) is 5.25. The first-order valence-electron chi connectivity index (χ1n) is 6.72. The summed E-state index contributed by atoms with van der Waals surface area (Å²) in [6.45, 7) is 4.11. The number of imidazole rings is 1. The van der Waals surface area contributed by atoms with E-state index in [9.17, 15) is 4.39 Å². The summed E-state index contributed by atoms with van der Waals surface area (Å²) >= 11 is 0. The summed E-state index contributed by atoms with van der Waals surface area (Å²) in [5.74, 6) is 0.240. The van der Waals surface area contributed by atoms with Crippen molar-refractivity contribution in [2.75, 3.05) is 5.73 Å². The predicted molar refractivity (Wildman–Crippen MR) is 83.3 cm³/mol. The van der Waals surface area contributed by atoms with Crippen LogP contribution in [0.25, 0.3) is 22.6 Å². The van der Waals surface area contributed by atoms with Gasteiger partial charge in [-0.25, -0.2) is 9.37 Å². The van der Waals surface area contributed by atoms with Crippen LogP contribution < -0.4 is 5.73 Å². The average Bonchev–Trinajstić information content (AvgIpc) is 2.90. The van der Waals surface area contributed by atoms with Crippen LogP contribution in [0.5, 0.6) is 0 Å². The highest BCUT2D eigenvalue weighted by atomic mass is 19.1. The Morgan fingerprint density at radius 3 is 2.48 bits per heavy atom. The quantitative estimate of drug-likeness (QED) is 0.695. The summed E-state index contributed by atoms with van der Waals surface area (Å²) in [6.07, 6.45) is 1.74. The summed E-state index contributed by atoms with van der Waals surface area (Å²) in [6, 6.07) is 10.6. The number of aromatic amines is 1. The van der Waals surface area contributed by atoms with Crippen LogP contribution in [0.4, 0.5) is 10.1 Å². The molecule has 3 aromatic rings. The summed E-state index contributed by atoms with van der Waals surface area (Å²) < 4.78 is 13.4. The smallest absolute Gasteiger partial charge is 0.139 e. The second-order valence-electron chi connectivity index (χ2n) is 5.25. The number of hydrogen-bond donors (Lipinski definition) is 2. The number of nitrogen functional groups attached to an aromatic ring is 1. The molecule has 0 aliphatic heterocycles. The summed E-state index contributed by atoms with van der Waals surface area (Å²) in [5.41, 5.74) is 11.3. The number of nitrogens with zero attached hydrogens (tertiary/aromatic N) is 1. The Kier molecular flexibility index (Phi) is 3.22. The fourth-order valence-corrected chi connectivity index (χ4v) is 2.47. The van der Waals surface area contributed by atoms with Gasteiger partial charge in [-0.1, -0.05) is 17.2 Å². The summed E-state index contributed by atoms with van der Waals surface area (Å²) in [7, 11) is 0. The molecule has 0 saturated heterocycles. The van der Waals surface area contributed by atoms with E-state index in [1.165, 1.54) is 23.3 Å². The number of nitrogens with one attached hydrogen (secondary N) is 1. The normalized spacial score (nSPS) is 10.8. The molecular formula is C17H16FN3. The lowest BCUT2D eigenvalue weighted by Crippen LogP contribution is -1.92. The van der Waals surface area contributed by atoms with Crippen LogP contribution in [0.15, 0.2) is 42.6 Å². The number of H-pyrrole nitrogens is 1. The highest BCUT2D eigenvalue weighted by Crippen LogP contribution is 2.27. The van der Waals surface area contributed by atoms with Crippen molar-refractivity contribution in [3.63, 3.8) is 0 Å². The van der Waals surface area contributed by atoms with E-state index in [1.54, 1.807) is 12.3 Å². The maximum atomic E-state index is 13.4. The van der Waals surface area contributed by atoms with E-state index < -0.39 is 0 Å². The van der Waals surface area contributed by atoms with Gasteiger partial charge in [-0.2, -0.15) is 0 Å². The van der Waals surface area contributed by atoms with Crippen molar-refractivity contribution in [1.29, 1.82) is 0 Å². The molecule has 1 aromatic heterocycles. The Labute approximate surface area is 122 Å². The zero-order valence-electron chi connectivity index (χ0n) is 11.9. The molecule has 3 N–H and O–H groups in total. The largest absolute Gasteiger partial charge is 0.398 e. The molecule has 3 nitrogen and oxygen atoms in total. The SMILES string of the molecule is Cc1cc(C)cc(-c2cnc(-c3cc(F)ccc3N)[nH]2)c1. The van der Waals surface area contributed by atoms with Gasteiger partial charge in [0.05, 0.1) is 11.9 Å². The number of aromatic nitrogens is 2. The maximum Gasteiger partial charge on any atom is 0.139 e. The summed E-state index contributed by atoms with van der Waals surface area (Å²) in [4.78, 5) is 7.53. The Morgan fingerprint density at radius 1 is 1.05 bits per heavy atom. The lowest BCUT2D eigenvalue weighted by molar-refractivity contribution is 0.628. The van der Waals surface area contributed by atoms with Crippen molar-refractivity contribution < 1.29 is 4.39 Å². The molecule has 0 atom stereocenters. The van der Waals surface area contributed by atoms with Gasteiger partial charge in [0, 0.05) is 16.8 Å². The van der Waals surface area contributed by atoms with Crippen molar-refractivity contribution in [2.45, 2.75) is 13.8 Å². The van der Waals surface area contributed by atoms with Crippen LogP contribution in [0.2, 0.25) is 0 Å². The molecule has 0 fully saturated rings. The van der Waals surface area contributed by atoms with Gasteiger partial charge in [0.1, 0.15) is 11.6 Å². The molecule has 0 amide bonds. The van der Waals surface area contributed by atoms with Gasteiger partial charge >= 0.3 is 0 Å². The molecule has 2 aromatic carbocycles. The molecule has 0 aliphatic rings. The lowest BCUT2D eigenvalue weighted by Gasteiger charge is -2.04. The van der Waals surface area contributed by atoms with E-state index in [4.69, 9.17) is 5.73 Å². The third-order valence-electron chi connectivity index (χ3n) is 3.38. The van der Waals surface area contributed by atoms with Gasteiger partial charge in [0.15, 0.2) is 0 Å². The van der Waals surface area contributed by atoms with E-state index >= 15 is 0 Å². The third-order valence-corrected chi connectivity index (χ3v) is 3.38. The fourth-order valence-electron chi connectivity index (χ4n) is 2.47. The number of anilines is 1. The first-order valence-corrected chi connectivity index (χ1v) is 6.72. The van der Waals surface area contributed by atoms with Crippen LogP contribution in [-0.2, 0) is 0 Å². The van der Waals surface area contributed by atoms with E-state index in [0.29, 0.717) is 17.1 Å². The van der Waals surface area contributed by atoms with E-state index in [1.807, 2.05) is 0 Å². The minimum atomic E-state index is -0.330. The Bertz CT molecular complexity index is 785. The van der Waals surface area contributed by atoms with Gasteiger partial charge in [-0.15, -0.1) is 0 Å². The van der Waals surface area contributed by atoms with Gasteiger partial charge < -0.3 is 10.7 Å².